The molecule has 0 bridgehead atoms. The standard InChI is InChI=1S/C14H18O4/c1-10(2)7-8-18-12-6-5-11(14(15)17-4)9-13(12)16-3/h5-7,9H,8H2,1-4H3. The molecule has 4 nitrogen and oxygen atoms in total. The van der Waals surface area contributed by atoms with E-state index >= 15 is 0 Å². The average molecular weight is 250 g/mol. The van der Waals surface area contributed by atoms with E-state index in [9.17, 15) is 4.79 Å². The molecule has 0 heterocycles. The van der Waals surface area contributed by atoms with Gasteiger partial charge in [0.1, 0.15) is 6.61 Å². The van der Waals surface area contributed by atoms with E-state index in [1.54, 1.807) is 18.2 Å². The van der Waals surface area contributed by atoms with Gasteiger partial charge in [-0.25, -0.2) is 4.79 Å². The van der Waals surface area contributed by atoms with E-state index in [2.05, 4.69) is 4.74 Å². The van der Waals surface area contributed by atoms with Gasteiger partial charge >= 0.3 is 5.97 Å². The van der Waals surface area contributed by atoms with E-state index in [0.29, 0.717) is 23.7 Å². The zero-order chi connectivity index (χ0) is 13.5. The summed E-state index contributed by atoms with van der Waals surface area (Å²) in [5.41, 5.74) is 1.61. The van der Waals surface area contributed by atoms with Crippen LogP contribution in [0.15, 0.2) is 29.8 Å². The normalized spacial score (nSPS) is 9.56. The van der Waals surface area contributed by atoms with Crippen LogP contribution < -0.4 is 9.47 Å². The van der Waals surface area contributed by atoms with E-state index in [1.165, 1.54) is 19.8 Å². The van der Waals surface area contributed by atoms with Gasteiger partial charge < -0.3 is 14.2 Å². The molecule has 98 valence electrons. The van der Waals surface area contributed by atoms with Crippen LogP contribution in [0.2, 0.25) is 0 Å². The van der Waals surface area contributed by atoms with Gasteiger partial charge in [-0.1, -0.05) is 5.57 Å². The van der Waals surface area contributed by atoms with Crippen LogP contribution in [0.25, 0.3) is 0 Å². The Morgan fingerprint density at radius 2 is 1.94 bits per heavy atom. The molecule has 1 rings (SSSR count). The van der Waals surface area contributed by atoms with Gasteiger partial charge in [-0.2, -0.15) is 0 Å². The summed E-state index contributed by atoms with van der Waals surface area (Å²) in [4.78, 5) is 11.4. The number of hydrogen-bond acceptors (Lipinski definition) is 4. The molecule has 0 atom stereocenters. The molecule has 0 aromatic heterocycles. The van der Waals surface area contributed by atoms with Gasteiger partial charge in [0.2, 0.25) is 0 Å². The highest BCUT2D eigenvalue weighted by molar-refractivity contribution is 5.90. The zero-order valence-corrected chi connectivity index (χ0v) is 11.1. The fraction of sp³-hybridized carbons (Fsp3) is 0.357. The van der Waals surface area contributed by atoms with Crippen molar-refractivity contribution in [3.8, 4) is 11.5 Å². The van der Waals surface area contributed by atoms with Crippen LogP contribution in [0.5, 0.6) is 11.5 Å². The quantitative estimate of drug-likeness (QED) is 0.595. The predicted octanol–water partition coefficient (Wildman–Crippen LogP) is 2.83. The highest BCUT2D eigenvalue weighted by atomic mass is 16.5. The van der Waals surface area contributed by atoms with Crippen molar-refractivity contribution in [2.24, 2.45) is 0 Å². The van der Waals surface area contributed by atoms with Gasteiger partial charge in [0.05, 0.1) is 19.8 Å². The first-order chi connectivity index (χ1) is 8.58. The average Bonchev–Trinajstić information content (AvgIpc) is 2.37. The molecule has 0 aliphatic heterocycles. The Hall–Kier alpha value is -1.97. The lowest BCUT2D eigenvalue weighted by molar-refractivity contribution is 0.0600. The van der Waals surface area contributed by atoms with Crippen LogP contribution in [-0.4, -0.2) is 26.8 Å². The van der Waals surface area contributed by atoms with Crippen molar-refractivity contribution < 1.29 is 19.0 Å². The molecule has 0 saturated heterocycles. The molecular formula is C14H18O4. The Balaban J connectivity index is 2.86. The molecule has 0 unspecified atom stereocenters. The second-order valence-corrected chi connectivity index (χ2v) is 3.95. The first-order valence-electron chi connectivity index (χ1n) is 5.61. The zero-order valence-electron chi connectivity index (χ0n) is 11.1. The van der Waals surface area contributed by atoms with E-state index < -0.39 is 5.97 Å². The van der Waals surface area contributed by atoms with E-state index in [4.69, 9.17) is 9.47 Å². The van der Waals surface area contributed by atoms with Crippen molar-refractivity contribution in [3.63, 3.8) is 0 Å². The third-order valence-electron chi connectivity index (χ3n) is 2.32. The SMILES string of the molecule is COC(=O)c1ccc(OCC=C(C)C)c(OC)c1. The molecular weight excluding hydrogens is 232 g/mol. The summed E-state index contributed by atoms with van der Waals surface area (Å²) in [5, 5.41) is 0. The minimum atomic E-state index is -0.399. The van der Waals surface area contributed by atoms with Gasteiger partial charge in [-0.3, -0.25) is 0 Å². The molecule has 0 radical (unpaired) electrons. The molecule has 0 saturated carbocycles. The van der Waals surface area contributed by atoms with Crippen molar-refractivity contribution >= 4 is 5.97 Å². The first-order valence-corrected chi connectivity index (χ1v) is 5.61. The summed E-state index contributed by atoms with van der Waals surface area (Å²) in [5.74, 6) is 0.715. The fourth-order valence-electron chi connectivity index (χ4n) is 1.33. The molecule has 0 amide bonds. The second kappa shape index (κ2) is 6.69. The number of allylic oxidation sites excluding steroid dienone is 1. The van der Waals surface area contributed by atoms with Crippen LogP contribution in [0, 0.1) is 0 Å². The number of ether oxygens (including phenoxy) is 3. The van der Waals surface area contributed by atoms with Gasteiger partial charge in [0, 0.05) is 0 Å². The van der Waals surface area contributed by atoms with Crippen LogP contribution in [0.3, 0.4) is 0 Å². The molecule has 1 aromatic carbocycles. The van der Waals surface area contributed by atoms with Crippen molar-refractivity contribution in [1.82, 2.24) is 0 Å². The van der Waals surface area contributed by atoms with E-state index in [1.807, 2.05) is 19.9 Å². The molecule has 0 spiro atoms. The molecule has 0 N–H and O–H groups in total. The molecule has 0 aliphatic rings. The monoisotopic (exact) mass is 250 g/mol. The third-order valence-corrected chi connectivity index (χ3v) is 2.32. The second-order valence-electron chi connectivity index (χ2n) is 3.95. The third kappa shape index (κ3) is 3.80. The minimum absolute atomic E-state index is 0.399. The number of hydrogen-bond donors (Lipinski definition) is 0. The Kier molecular flexibility index (Phi) is 5.24. The van der Waals surface area contributed by atoms with Gasteiger partial charge in [-0.05, 0) is 38.1 Å². The largest absolute Gasteiger partial charge is 0.493 e. The number of benzene rings is 1. The summed E-state index contributed by atoms with van der Waals surface area (Å²) in [6.45, 7) is 4.47. The Morgan fingerprint density at radius 3 is 2.50 bits per heavy atom. The lowest BCUT2D eigenvalue weighted by atomic mass is 10.2. The topological polar surface area (TPSA) is 44.8 Å². The van der Waals surface area contributed by atoms with E-state index in [-0.39, 0.29) is 0 Å². The fourth-order valence-corrected chi connectivity index (χ4v) is 1.33. The molecule has 0 fully saturated rings. The highest BCUT2D eigenvalue weighted by Gasteiger charge is 2.10. The van der Waals surface area contributed by atoms with Gasteiger partial charge in [0.25, 0.3) is 0 Å². The maximum absolute atomic E-state index is 11.4. The predicted molar refractivity (Wildman–Crippen MR) is 69.3 cm³/mol. The molecule has 4 heteroatoms. The highest BCUT2D eigenvalue weighted by Crippen LogP contribution is 2.28. The lowest BCUT2D eigenvalue weighted by Gasteiger charge is -2.10. The Labute approximate surface area is 107 Å². The van der Waals surface area contributed by atoms with Crippen LogP contribution in [0.4, 0.5) is 0 Å². The number of esters is 1. The van der Waals surface area contributed by atoms with Gasteiger partial charge in [0.15, 0.2) is 11.5 Å². The summed E-state index contributed by atoms with van der Waals surface area (Å²) >= 11 is 0. The minimum Gasteiger partial charge on any atom is -0.493 e. The smallest absolute Gasteiger partial charge is 0.337 e. The number of carbonyl (C=O) groups is 1. The molecule has 18 heavy (non-hydrogen) atoms. The summed E-state index contributed by atoms with van der Waals surface area (Å²) in [6.07, 6.45) is 1.97. The van der Waals surface area contributed by atoms with Crippen molar-refractivity contribution in [2.45, 2.75) is 13.8 Å². The first kappa shape index (κ1) is 14.1. The van der Waals surface area contributed by atoms with Crippen molar-refractivity contribution in [3.05, 3.63) is 35.4 Å². The number of carbonyl (C=O) groups excluding carboxylic acids is 1. The summed E-state index contributed by atoms with van der Waals surface area (Å²) < 4.78 is 15.4. The number of rotatable bonds is 5. The molecule has 1 aromatic rings. The van der Waals surface area contributed by atoms with Crippen molar-refractivity contribution in [2.75, 3.05) is 20.8 Å². The maximum atomic E-state index is 11.4. The van der Waals surface area contributed by atoms with E-state index in [0.717, 1.165) is 0 Å². The van der Waals surface area contributed by atoms with Crippen LogP contribution in [0.1, 0.15) is 24.2 Å². The molecule has 0 aliphatic carbocycles. The summed E-state index contributed by atoms with van der Waals surface area (Å²) in [7, 11) is 2.87. The maximum Gasteiger partial charge on any atom is 0.337 e. The Bertz CT molecular complexity index is 445. The number of methoxy groups -OCH3 is 2. The van der Waals surface area contributed by atoms with Gasteiger partial charge in [-0.15, -0.1) is 0 Å². The van der Waals surface area contributed by atoms with Crippen LogP contribution in [-0.2, 0) is 4.74 Å². The summed E-state index contributed by atoms with van der Waals surface area (Å²) in [6, 6.07) is 4.94. The van der Waals surface area contributed by atoms with Crippen molar-refractivity contribution in [1.29, 1.82) is 0 Å². The van der Waals surface area contributed by atoms with Crippen LogP contribution >= 0.6 is 0 Å². The Morgan fingerprint density at radius 1 is 1.22 bits per heavy atom. The lowest BCUT2D eigenvalue weighted by Crippen LogP contribution is -2.03.